The first-order valence-electron chi connectivity index (χ1n) is 5.72. The van der Waals surface area contributed by atoms with E-state index in [4.69, 9.17) is 11.6 Å². The van der Waals surface area contributed by atoms with Crippen LogP contribution in [-0.2, 0) is 5.88 Å². The molecule has 0 saturated carbocycles. The predicted molar refractivity (Wildman–Crippen MR) is 70.8 cm³/mol. The number of benzene rings is 1. The molecule has 0 bridgehead atoms. The van der Waals surface area contributed by atoms with Gasteiger partial charge in [0.25, 0.3) is 5.69 Å². The number of nitro groups is 1. The number of rotatable bonds is 6. The zero-order chi connectivity index (χ0) is 12.8. The first-order valence-corrected chi connectivity index (χ1v) is 6.25. The van der Waals surface area contributed by atoms with Gasteiger partial charge in [0.1, 0.15) is 0 Å². The van der Waals surface area contributed by atoms with Crippen LogP contribution >= 0.6 is 11.6 Å². The second-order valence-corrected chi connectivity index (χ2v) is 4.05. The maximum atomic E-state index is 10.7. The van der Waals surface area contributed by atoms with E-state index in [-0.39, 0.29) is 11.6 Å². The first-order chi connectivity index (χ1) is 8.13. The third-order valence-corrected chi connectivity index (χ3v) is 2.92. The summed E-state index contributed by atoms with van der Waals surface area (Å²) >= 11 is 5.86. The highest BCUT2D eigenvalue weighted by atomic mass is 35.5. The summed E-state index contributed by atoms with van der Waals surface area (Å²) in [4.78, 5) is 12.5. The van der Waals surface area contributed by atoms with Gasteiger partial charge in [0.2, 0.25) is 0 Å². The molecule has 1 aromatic rings. The molecular formula is C12H17ClN2O2. The number of hydrogen-bond acceptors (Lipinski definition) is 3. The number of non-ortho nitro benzene ring substituents is 1. The van der Waals surface area contributed by atoms with Crippen LogP contribution in [0.5, 0.6) is 0 Å². The van der Waals surface area contributed by atoms with Crippen molar-refractivity contribution in [3.63, 3.8) is 0 Å². The van der Waals surface area contributed by atoms with E-state index in [9.17, 15) is 10.1 Å². The summed E-state index contributed by atoms with van der Waals surface area (Å²) in [6, 6.07) is 4.87. The van der Waals surface area contributed by atoms with Gasteiger partial charge in [0.05, 0.1) is 4.92 Å². The van der Waals surface area contributed by atoms with Crippen LogP contribution in [0.1, 0.15) is 25.8 Å². The van der Waals surface area contributed by atoms with Gasteiger partial charge < -0.3 is 4.90 Å². The summed E-state index contributed by atoms with van der Waals surface area (Å²) in [5, 5.41) is 10.7. The van der Waals surface area contributed by atoms with Gasteiger partial charge in [-0.25, -0.2) is 0 Å². The number of alkyl halides is 1. The molecule has 0 fully saturated rings. The van der Waals surface area contributed by atoms with Gasteiger partial charge in [-0.1, -0.05) is 6.92 Å². The molecule has 94 valence electrons. The molecule has 0 N–H and O–H groups in total. The smallest absolute Gasteiger partial charge is 0.269 e. The molecule has 4 nitrogen and oxygen atoms in total. The van der Waals surface area contributed by atoms with Gasteiger partial charge >= 0.3 is 0 Å². The van der Waals surface area contributed by atoms with Crippen LogP contribution in [0.15, 0.2) is 18.2 Å². The first kappa shape index (κ1) is 13.8. The Labute approximate surface area is 106 Å². The molecule has 5 heteroatoms. The summed E-state index contributed by atoms with van der Waals surface area (Å²) in [6.07, 6.45) is 1.03. The molecule has 0 aliphatic carbocycles. The average molecular weight is 257 g/mol. The Morgan fingerprint density at radius 2 is 2.12 bits per heavy atom. The van der Waals surface area contributed by atoms with Gasteiger partial charge in [0, 0.05) is 36.8 Å². The maximum absolute atomic E-state index is 10.7. The van der Waals surface area contributed by atoms with Crippen molar-refractivity contribution < 1.29 is 4.92 Å². The molecule has 0 amide bonds. The third-order valence-electron chi connectivity index (χ3n) is 2.63. The van der Waals surface area contributed by atoms with Crippen LogP contribution in [0, 0.1) is 10.1 Å². The Morgan fingerprint density at radius 1 is 1.41 bits per heavy atom. The quantitative estimate of drug-likeness (QED) is 0.444. The minimum absolute atomic E-state index is 0.0944. The molecule has 0 aromatic heterocycles. The lowest BCUT2D eigenvalue weighted by atomic mass is 10.1. The van der Waals surface area contributed by atoms with Crippen molar-refractivity contribution in [3.8, 4) is 0 Å². The van der Waals surface area contributed by atoms with Gasteiger partial charge in [-0.15, -0.1) is 11.6 Å². The number of anilines is 1. The Morgan fingerprint density at radius 3 is 2.59 bits per heavy atom. The van der Waals surface area contributed by atoms with Crippen molar-refractivity contribution in [1.82, 2.24) is 0 Å². The molecule has 0 radical (unpaired) electrons. The Kier molecular flexibility index (Phi) is 5.22. The summed E-state index contributed by atoms with van der Waals surface area (Å²) in [7, 11) is 0. The molecular weight excluding hydrogens is 240 g/mol. The molecule has 17 heavy (non-hydrogen) atoms. The summed E-state index contributed by atoms with van der Waals surface area (Å²) in [6.45, 7) is 5.97. The highest BCUT2D eigenvalue weighted by molar-refractivity contribution is 6.17. The minimum atomic E-state index is -0.393. The molecule has 1 rings (SSSR count). The van der Waals surface area contributed by atoms with Gasteiger partial charge in [-0.2, -0.15) is 0 Å². The van der Waals surface area contributed by atoms with Crippen molar-refractivity contribution in [2.24, 2.45) is 0 Å². The van der Waals surface area contributed by atoms with Crippen molar-refractivity contribution in [3.05, 3.63) is 33.9 Å². The second-order valence-electron chi connectivity index (χ2n) is 3.78. The molecule has 0 heterocycles. The van der Waals surface area contributed by atoms with Crippen LogP contribution in [0.2, 0.25) is 0 Å². The lowest BCUT2D eigenvalue weighted by molar-refractivity contribution is -0.384. The average Bonchev–Trinajstić information content (AvgIpc) is 2.35. The van der Waals surface area contributed by atoms with Crippen molar-refractivity contribution >= 4 is 23.0 Å². The minimum Gasteiger partial charge on any atom is -0.372 e. The largest absolute Gasteiger partial charge is 0.372 e. The SMILES string of the molecule is CCCN(CC)c1ccc([N+](=O)[O-])cc1CCl. The van der Waals surface area contributed by atoms with Crippen molar-refractivity contribution in [1.29, 1.82) is 0 Å². The Hall–Kier alpha value is -1.29. The van der Waals surface area contributed by atoms with Crippen LogP contribution in [0.4, 0.5) is 11.4 Å². The van der Waals surface area contributed by atoms with Crippen LogP contribution in [0.25, 0.3) is 0 Å². The topological polar surface area (TPSA) is 46.4 Å². The zero-order valence-corrected chi connectivity index (χ0v) is 10.9. The molecule has 0 spiro atoms. The fraction of sp³-hybridized carbons (Fsp3) is 0.500. The van der Waals surface area contributed by atoms with Gasteiger partial charge in [0.15, 0.2) is 0 Å². The second kappa shape index (κ2) is 6.45. The highest BCUT2D eigenvalue weighted by Crippen LogP contribution is 2.27. The number of hydrogen-bond donors (Lipinski definition) is 0. The fourth-order valence-corrected chi connectivity index (χ4v) is 2.03. The van der Waals surface area contributed by atoms with E-state index in [1.807, 2.05) is 0 Å². The zero-order valence-electron chi connectivity index (χ0n) is 10.1. The number of nitro benzene ring substituents is 1. The third kappa shape index (κ3) is 3.33. The predicted octanol–water partition coefficient (Wildman–Crippen LogP) is 3.57. The summed E-state index contributed by atoms with van der Waals surface area (Å²) < 4.78 is 0. The Balaban J connectivity index is 3.10. The van der Waals surface area contributed by atoms with E-state index in [2.05, 4.69) is 18.7 Å². The van der Waals surface area contributed by atoms with E-state index >= 15 is 0 Å². The fourth-order valence-electron chi connectivity index (χ4n) is 1.82. The molecule has 0 aliphatic heterocycles. The molecule has 0 aliphatic rings. The van der Waals surface area contributed by atoms with Gasteiger partial charge in [-0.3, -0.25) is 10.1 Å². The highest BCUT2D eigenvalue weighted by Gasteiger charge is 2.13. The van der Waals surface area contributed by atoms with Crippen LogP contribution in [0.3, 0.4) is 0 Å². The molecule has 1 aromatic carbocycles. The van der Waals surface area contributed by atoms with E-state index in [0.717, 1.165) is 30.8 Å². The molecule has 0 atom stereocenters. The lowest BCUT2D eigenvalue weighted by Crippen LogP contribution is -2.24. The lowest BCUT2D eigenvalue weighted by Gasteiger charge is -2.24. The van der Waals surface area contributed by atoms with E-state index in [1.165, 1.54) is 6.07 Å². The van der Waals surface area contributed by atoms with Crippen molar-refractivity contribution in [2.45, 2.75) is 26.1 Å². The van der Waals surface area contributed by atoms with E-state index in [1.54, 1.807) is 12.1 Å². The number of nitrogens with zero attached hydrogens (tertiary/aromatic N) is 2. The van der Waals surface area contributed by atoms with E-state index in [0.29, 0.717) is 0 Å². The normalized spacial score (nSPS) is 10.3. The molecule has 0 saturated heterocycles. The van der Waals surface area contributed by atoms with E-state index < -0.39 is 4.92 Å². The number of halogens is 1. The van der Waals surface area contributed by atoms with Gasteiger partial charge in [-0.05, 0) is 25.0 Å². The molecule has 0 unspecified atom stereocenters. The maximum Gasteiger partial charge on any atom is 0.269 e. The van der Waals surface area contributed by atoms with Crippen LogP contribution < -0.4 is 4.90 Å². The summed E-state index contributed by atoms with van der Waals surface area (Å²) in [5.41, 5.74) is 1.91. The van der Waals surface area contributed by atoms with Crippen LogP contribution in [-0.4, -0.2) is 18.0 Å². The summed E-state index contributed by atoms with van der Waals surface area (Å²) in [5.74, 6) is 0.289. The standard InChI is InChI=1S/C12H17ClN2O2/c1-3-7-14(4-2)12-6-5-11(15(16)17)8-10(12)9-13/h5-6,8H,3-4,7,9H2,1-2H3. The van der Waals surface area contributed by atoms with Crippen molar-refractivity contribution in [2.75, 3.05) is 18.0 Å². The monoisotopic (exact) mass is 256 g/mol. The Bertz CT molecular complexity index is 396.